The van der Waals surface area contributed by atoms with Crippen LogP contribution in [-0.4, -0.2) is 41.8 Å². The van der Waals surface area contributed by atoms with E-state index in [-0.39, 0.29) is 18.7 Å². The lowest BCUT2D eigenvalue weighted by molar-refractivity contribution is 0.184. The lowest BCUT2D eigenvalue weighted by Crippen LogP contribution is -2.47. The first kappa shape index (κ1) is 14.3. The van der Waals surface area contributed by atoms with Gasteiger partial charge in [-0.3, -0.25) is 0 Å². The quantitative estimate of drug-likeness (QED) is 0.792. The predicted octanol–water partition coefficient (Wildman–Crippen LogP) is 1.98. The molecule has 0 saturated carbocycles. The maximum absolute atomic E-state index is 12.1. The van der Waals surface area contributed by atoms with Crippen LogP contribution in [0.2, 0.25) is 0 Å². The summed E-state index contributed by atoms with van der Waals surface area (Å²) in [6.07, 6.45) is 5.32. The van der Waals surface area contributed by atoms with Gasteiger partial charge in [0.2, 0.25) is 0 Å². The molecule has 100 valence electrons. The van der Waals surface area contributed by atoms with E-state index in [1.54, 1.807) is 0 Å². The number of likely N-dealkylation sites (tertiary alicyclic amines) is 1. The van der Waals surface area contributed by atoms with Crippen molar-refractivity contribution in [3.05, 3.63) is 0 Å². The zero-order valence-corrected chi connectivity index (χ0v) is 11.1. The number of carbonyl (C=O) groups excluding carboxylic acids is 1. The fourth-order valence-electron chi connectivity index (χ4n) is 2.23. The van der Waals surface area contributed by atoms with E-state index >= 15 is 0 Å². The van der Waals surface area contributed by atoms with Gasteiger partial charge in [0, 0.05) is 25.7 Å². The molecule has 0 aromatic rings. The predicted molar refractivity (Wildman–Crippen MR) is 68.9 cm³/mol. The molecule has 0 aromatic heterocycles. The summed E-state index contributed by atoms with van der Waals surface area (Å²) in [5.74, 6) is 0.359. The first-order chi connectivity index (χ1) is 8.15. The maximum Gasteiger partial charge on any atom is 0.317 e. The minimum atomic E-state index is 0.0408. The number of nitrogens with zero attached hydrogens (tertiary/aromatic N) is 1. The first-order valence-corrected chi connectivity index (χ1v) is 6.81. The van der Waals surface area contributed by atoms with Gasteiger partial charge in [0.15, 0.2) is 0 Å². The van der Waals surface area contributed by atoms with Crippen LogP contribution in [0.3, 0.4) is 0 Å². The van der Waals surface area contributed by atoms with Crippen LogP contribution in [-0.2, 0) is 0 Å². The van der Waals surface area contributed by atoms with Crippen LogP contribution in [0.5, 0.6) is 0 Å². The van der Waals surface area contributed by atoms with Crippen molar-refractivity contribution in [3.8, 4) is 0 Å². The molecule has 2 amide bonds. The number of hydrogen-bond donors (Lipinski definition) is 2. The number of carbonyl (C=O) groups is 1. The molecule has 0 spiro atoms. The molecule has 1 fully saturated rings. The minimum absolute atomic E-state index is 0.0408. The van der Waals surface area contributed by atoms with E-state index in [9.17, 15) is 4.79 Å². The first-order valence-electron chi connectivity index (χ1n) is 6.81. The number of aliphatic hydroxyl groups excluding tert-OH is 1. The molecule has 17 heavy (non-hydrogen) atoms. The van der Waals surface area contributed by atoms with Gasteiger partial charge in [-0.1, -0.05) is 26.7 Å². The molecule has 4 heteroatoms. The fourth-order valence-corrected chi connectivity index (χ4v) is 2.23. The van der Waals surface area contributed by atoms with E-state index in [2.05, 4.69) is 19.2 Å². The second kappa shape index (κ2) is 7.54. The Hall–Kier alpha value is -0.770. The van der Waals surface area contributed by atoms with Crippen LogP contribution < -0.4 is 5.32 Å². The highest BCUT2D eigenvalue weighted by molar-refractivity contribution is 5.74. The zero-order valence-electron chi connectivity index (χ0n) is 11.1. The highest BCUT2D eigenvalue weighted by Gasteiger charge is 2.20. The minimum Gasteiger partial charge on any atom is -0.396 e. The molecule has 1 heterocycles. The molecule has 1 saturated heterocycles. The van der Waals surface area contributed by atoms with E-state index in [4.69, 9.17) is 5.11 Å². The molecule has 1 unspecified atom stereocenters. The number of hydrogen-bond acceptors (Lipinski definition) is 2. The van der Waals surface area contributed by atoms with Crippen LogP contribution in [0.1, 0.15) is 46.0 Å². The van der Waals surface area contributed by atoms with Gasteiger partial charge in [-0.15, -0.1) is 0 Å². The van der Waals surface area contributed by atoms with E-state index in [0.29, 0.717) is 12.3 Å². The number of nitrogens with one attached hydrogen (secondary N) is 1. The van der Waals surface area contributed by atoms with Gasteiger partial charge in [-0.05, 0) is 25.2 Å². The molecule has 0 aliphatic carbocycles. The van der Waals surface area contributed by atoms with Crippen molar-refractivity contribution in [2.24, 2.45) is 5.92 Å². The molecule has 1 rings (SSSR count). The van der Waals surface area contributed by atoms with Gasteiger partial charge in [-0.25, -0.2) is 4.79 Å². The molecule has 0 radical (unpaired) electrons. The Balaban J connectivity index is 2.44. The lowest BCUT2D eigenvalue weighted by Gasteiger charge is -2.27. The third kappa shape index (κ3) is 4.94. The molecule has 4 nitrogen and oxygen atoms in total. The molecule has 1 atom stereocenters. The molecule has 2 N–H and O–H groups in total. The van der Waals surface area contributed by atoms with E-state index < -0.39 is 0 Å². The average molecular weight is 242 g/mol. The average Bonchev–Trinajstić information content (AvgIpc) is 2.56. The Bertz CT molecular complexity index is 223. The smallest absolute Gasteiger partial charge is 0.317 e. The third-order valence-corrected chi connectivity index (χ3v) is 3.45. The van der Waals surface area contributed by atoms with Crippen LogP contribution >= 0.6 is 0 Å². The second-order valence-corrected chi connectivity index (χ2v) is 5.21. The standard InChI is InChI=1S/C13H26N2O2/c1-11(2)12(7-10-16)14-13(17)15-8-5-3-4-6-9-15/h11-12,16H,3-10H2,1-2H3,(H,14,17). The summed E-state index contributed by atoms with van der Waals surface area (Å²) in [6, 6.07) is 0.120. The van der Waals surface area contributed by atoms with E-state index in [1.165, 1.54) is 12.8 Å². The van der Waals surface area contributed by atoms with Crippen molar-refractivity contribution in [3.63, 3.8) is 0 Å². The summed E-state index contributed by atoms with van der Waals surface area (Å²) in [6.45, 7) is 6.01. The van der Waals surface area contributed by atoms with Crippen molar-refractivity contribution in [2.45, 2.75) is 52.0 Å². The number of aliphatic hydroxyl groups is 1. The Morgan fingerprint density at radius 3 is 2.29 bits per heavy atom. The maximum atomic E-state index is 12.1. The monoisotopic (exact) mass is 242 g/mol. The summed E-state index contributed by atoms with van der Waals surface area (Å²) >= 11 is 0. The molecule has 1 aliphatic rings. The highest BCUT2D eigenvalue weighted by Crippen LogP contribution is 2.11. The molecule has 0 aromatic carbocycles. The Kier molecular flexibility index (Phi) is 6.34. The summed E-state index contributed by atoms with van der Waals surface area (Å²) in [4.78, 5) is 14.0. The van der Waals surface area contributed by atoms with Crippen molar-refractivity contribution < 1.29 is 9.90 Å². The van der Waals surface area contributed by atoms with Crippen LogP contribution in [0.15, 0.2) is 0 Å². The zero-order chi connectivity index (χ0) is 12.7. The number of rotatable bonds is 4. The summed E-state index contributed by atoms with van der Waals surface area (Å²) < 4.78 is 0. The van der Waals surface area contributed by atoms with Gasteiger partial charge in [0.25, 0.3) is 0 Å². The number of amides is 2. The van der Waals surface area contributed by atoms with Gasteiger partial charge in [0.05, 0.1) is 0 Å². The van der Waals surface area contributed by atoms with E-state index in [1.807, 2.05) is 4.90 Å². The van der Waals surface area contributed by atoms with Crippen molar-refractivity contribution in [2.75, 3.05) is 19.7 Å². The lowest BCUT2D eigenvalue weighted by atomic mass is 10.0. The SMILES string of the molecule is CC(C)C(CCO)NC(=O)N1CCCCCC1. The van der Waals surface area contributed by atoms with Gasteiger partial charge in [-0.2, -0.15) is 0 Å². The molecular formula is C13H26N2O2. The van der Waals surface area contributed by atoms with Crippen LogP contribution in [0, 0.1) is 5.92 Å². The summed E-state index contributed by atoms with van der Waals surface area (Å²) in [5.41, 5.74) is 0. The topological polar surface area (TPSA) is 52.6 Å². The molecule has 0 bridgehead atoms. The van der Waals surface area contributed by atoms with Crippen molar-refractivity contribution in [1.82, 2.24) is 10.2 Å². The second-order valence-electron chi connectivity index (χ2n) is 5.21. The van der Waals surface area contributed by atoms with Gasteiger partial charge < -0.3 is 15.3 Å². The highest BCUT2D eigenvalue weighted by atomic mass is 16.3. The largest absolute Gasteiger partial charge is 0.396 e. The van der Waals surface area contributed by atoms with Crippen LogP contribution in [0.4, 0.5) is 4.79 Å². The van der Waals surface area contributed by atoms with Gasteiger partial charge >= 0.3 is 6.03 Å². The van der Waals surface area contributed by atoms with Crippen molar-refractivity contribution in [1.29, 1.82) is 0 Å². The normalized spacial score (nSPS) is 18.9. The Morgan fingerprint density at radius 2 is 1.82 bits per heavy atom. The van der Waals surface area contributed by atoms with Crippen LogP contribution in [0.25, 0.3) is 0 Å². The number of urea groups is 1. The molecule has 1 aliphatic heterocycles. The van der Waals surface area contributed by atoms with Gasteiger partial charge in [0.1, 0.15) is 0 Å². The summed E-state index contributed by atoms with van der Waals surface area (Å²) in [7, 11) is 0. The molecular weight excluding hydrogens is 216 g/mol. The van der Waals surface area contributed by atoms with E-state index in [0.717, 1.165) is 25.9 Å². The Morgan fingerprint density at radius 1 is 1.24 bits per heavy atom. The van der Waals surface area contributed by atoms with Crippen molar-refractivity contribution >= 4 is 6.03 Å². The summed E-state index contributed by atoms with van der Waals surface area (Å²) in [5, 5.41) is 12.0. The fraction of sp³-hybridized carbons (Fsp3) is 0.923. The Labute approximate surface area is 104 Å². The third-order valence-electron chi connectivity index (χ3n) is 3.45.